The predicted octanol–water partition coefficient (Wildman–Crippen LogP) is 4.67. The lowest BCUT2D eigenvalue weighted by Gasteiger charge is -2.33. The van der Waals surface area contributed by atoms with Crippen LogP contribution in [-0.4, -0.2) is 47.2 Å². The summed E-state index contributed by atoms with van der Waals surface area (Å²) in [6, 6.07) is 7.79. The molecule has 1 aromatic heterocycles. The third-order valence-corrected chi connectivity index (χ3v) is 6.06. The number of hydrogen-bond acceptors (Lipinski definition) is 5. The lowest BCUT2D eigenvalue weighted by atomic mass is 10.1. The van der Waals surface area contributed by atoms with Gasteiger partial charge >= 0.3 is 0 Å². The molecule has 1 aliphatic rings. The van der Waals surface area contributed by atoms with Crippen molar-refractivity contribution in [3.05, 3.63) is 41.4 Å². The van der Waals surface area contributed by atoms with Crippen molar-refractivity contribution in [2.75, 3.05) is 20.1 Å². The molecule has 0 bridgehead atoms. The van der Waals surface area contributed by atoms with E-state index >= 15 is 0 Å². The van der Waals surface area contributed by atoms with Gasteiger partial charge in [0.05, 0.1) is 17.2 Å². The first-order chi connectivity index (χ1) is 12.5. The van der Waals surface area contributed by atoms with Crippen LogP contribution in [0.25, 0.3) is 11.3 Å². The average molecular weight is 467 g/mol. The van der Waals surface area contributed by atoms with Gasteiger partial charge in [-0.2, -0.15) is 0 Å². The molecule has 1 saturated heterocycles. The van der Waals surface area contributed by atoms with Crippen molar-refractivity contribution in [1.29, 1.82) is 0 Å². The standard InChI is InChI=1S/C19H24ClN3O2S.2ClH/c1-13(19(24)23(2)16-7-9-21-10-8-16)26-12-18-22-11-17(25-18)14-3-5-15(20)6-4-14;;/h3-6,11,13,16,21H,7-10,12H2,1-2H3;2*1H. The highest BCUT2D eigenvalue weighted by Gasteiger charge is 2.26. The molecule has 1 atom stereocenters. The monoisotopic (exact) mass is 465 g/mol. The fourth-order valence-corrected chi connectivity index (χ4v) is 4.01. The Balaban J connectivity index is 0.00000196. The number of carbonyl (C=O) groups is 1. The van der Waals surface area contributed by atoms with Crippen molar-refractivity contribution in [2.24, 2.45) is 0 Å². The first kappa shape index (κ1) is 25.1. The molecule has 2 heterocycles. The van der Waals surface area contributed by atoms with Crippen LogP contribution in [0.1, 0.15) is 25.7 Å². The van der Waals surface area contributed by atoms with Crippen molar-refractivity contribution in [3.8, 4) is 11.3 Å². The van der Waals surface area contributed by atoms with Gasteiger partial charge in [0.25, 0.3) is 0 Å². The SMILES string of the molecule is CC(SCc1ncc(-c2ccc(Cl)cc2)o1)C(=O)N(C)C1CCNCC1.Cl.Cl. The normalized spacial score (nSPS) is 15.2. The molecule has 0 radical (unpaired) electrons. The zero-order valence-corrected chi connectivity index (χ0v) is 19.1. The van der Waals surface area contributed by atoms with Crippen LogP contribution < -0.4 is 5.32 Å². The first-order valence-corrected chi connectivity index (χ1v) is 10.3. The summed E-state index contributed by atoms with van der Waals surface area (Å²) in [4.78, 5) is 18.9. The van der Waals surface area contributed by atoms with Crippen molar-refractivity contribution in [1.82, 2.24) is 15.2 Å². The largest absolute Gasteiger partial charge is 0.440 e. The van der Waals surface area contributed by atoms with Gasteiger partial charge in [-0.1, -0.05) is 11.6 Å². The molecule has 156 valence electrons. The summed E-state index contributed by atoms with van der Waals surface area (Å²) in [5, 5.41) is 3.90. The van der Waals surface area contributed by atoms with E-state index in [2.05, 4.69) is 10.3 Å². The summed E-state index contributed by atoms with van der Waals surface area (Å²) in [6.45, 7) is 3.91. The molecule has 1 unspecified atom stereocenters. The number of rotatable bonds is 6. The second kappa shape index (κ2) is 11.9. The predicted molar refractivity (Wildman–Crippen MR) is 121 cm³/mol. The van der Waals surface area contributed by atoms with Gasteiger partial charge in [0.2, 0.25) is 11.8 Å². The van der Waals surface area contributed by atoms with E-state index in [1.165, 1.54) is 0 Å². The quantitative estimate of drug-likeness (QED) is 0.670. The van der Waals surface area contributed by atoms with Gasteiger partial charge in [0.15, 0.2) is 5.76 Å². The summed E-state index contributed by atoms with van der Waals surface area (Å²) in [6.07, 6.45) is 3.75. The maximum atomic E-state index is 12.6. The van der Waals surface area contributed by atoms with Crippen LogP contribution >= 0.6 is 48.2 Å². The van der Waals surface area contributed by atoms with Gasteiger partial charge < -0.3 is 14.6 Å². The van der Waals surface area contributed by atoms with E-state index in [-0.39, 0.29) is 36.0 Å². The van der Waals surface area contributed by atoms with E-state index in [1.807, 2.05) is 43.1 Å². The van der Waals surface area contributed by atoms with Gasteiger partial charge in [0, 0.05) is 23.7 Å². The number of nitrogens with zero attached hydrogens (tertiary/aromatic N) is 2. The molecule has 1 N–H and O–H groups in total. The molecule has 9 heteroatoms. The van der Waals surface area contributed by atoms with Gasteiger partial charge in [0.1, 0.15) is 0 Å². The van der Waals surface area contributed by atoms with Crippen molar-refractivity contribution < 1.29 is 9.21 Å². The van der Waals surface area contributed by atoms with Crippen LogP contribution in [0.5, 0.6) is 0 Å². The summed E-state index contributed by atoms with van der Waals surface area (Å²) >= 11 is 7.47. The Kier molecular flexibility index (Phi) is 10.7. The number of thioether (sulfide) groups is 1. The number of hydrogen-bond donors (Lipinski definition) is 1. The number of piperidine rings is 1. The fraction of sp³-hybridized carbons (Fsp3) is 0.474. The molecule has 1 aromatic carbocycles. The minimum atomic E-state index is -0.124. The maximum Gasteiger partial charge on any atom is 0.235 e. The van der Waals surface area contributed by atoms with Gasteiger partial charge in [-0.3, -0.25) is 4.79 Å². The molecule has 1 fully saturated rings. The Bertz CT molecular complexity index is 736. The zero-order valence-electron chi connectivity index (χ0n) is 15.9. The Morgan fingerprint density at radius 2 is 1.96 bits per heavy atom. The zero-order chi connectivity index (χ0) is 18.5. The van der Waals surface area contributed by atoms with Crippen molar-refractivity contribution in [3.63, 3.8) is 0 Å². The molecular weight excluding hydrogens is 441 g/mol. The Labute approximate surface area is 187 Å². The van der Waals surface area contributed by atoms with E-state index < -0.39 is 0 Å². The molecule has 1 aliphatic heterocycles. The number of carbonyl (C=O) groups excluding carboxylic acids is 1. The number of aromatic nitrogens is 1. The highest BCUT2D eigenvalue weighted by atomic mass is 35.5. The number of oxazole rings is 1. The lowest BCUT2D eigenvalue weighted by Crippen LogP contribution is -2.46. The van der Waals surface area contributed by atoms with Crippen molar-refractivity contribution >= 4 is 54.1 Å². The van der Waals surface area contributed by atoms with Crippen LogP contribution in [-0.2, 0) is 10.5 Å². The summed E-state index contributed by atoms with van der Waals surface area (Å²) in [7, 11) is 1.92. The van der Waals surface area contributed by atoms with E-state index in [0.717, 1.165) is 31.5 Å². The smallest absolute Gasteiger partial charge is 0.235 e. The van der Waals surface area contributed by atoms with Gasteiger partial charge in [-0.25, -0.2) is 4.98 Å². The van der Waals surface area contributed by atoms with Crippen LogP contribution in [0.3, 0.4) is 0 Å². The first-order valence-electron chi connectivity index (χ1n) is 8.84. The number of halogens is 3. The highest BCUT2D eigenvalue weighted by molar-refractivity contribution is 7.99. The number of nitrogens with one attached hydrogen (secondary N) is 1. The molecule has 5 nitrogen and oxygen atoms in total. The second-order valence-corrected chi connectivity index (χ2v) is 8.27. The second-order valence-electron chi connectivity index (χ2n) is 6.51. The van der Waals surface area contributed by atoms with E-state index in [4.69, 9.17) is 16.0 Å². The fourth-order valence-electron chi connectivity index (χ4n) is 3.05. The third-order valence-electron chi connectivity index (χ3n) is 4.69. The maximum absolute atomic E-state index is 12.6. The van der Waals surface area contributed by atoms with Crippen LogP contribution in [0.15, 0.2) is 34.9 Å². The van der Waals surface area contributed by atoms with Crippen LogP contribution in [0.4, 0.5) is 0 Å². The lowest BCUT2D eigenvalue weighted by molar-refractivity contribution is -0.131. The third kappa shape index (κ3) is 6.56. The molecule has 0 spiro atoms. The molecular formula is C19H26Cl3N3O2S. The Morgan fingerprint density at radius 3 is 2.61 bits per heavy atom. The molecule has 2 aromatic rings. The Morgan fingerprint density at radius 1 is 1.32 bits per heavy atom. The van der Waals surface area contributed by atoms with E-state index in [1.54, 1.807) is 18.0 Å². The summed E-state index contributed by atoms with van der Waals surface area (Å²) < 4.78 is 5.81. The van der Waals surface area contributed by atoms with Crippen LogP contribution in [0.2, 0.25) is 5.02 Å². The minimum absolute atomic E-state index is 0. The molecule has 1 amide bonds. The van der Waals surface area contributed by atoms with Crippen LogP contribution in [0, 0.1) is 0 Å². The van der Waals surface area contributed by atoms with E-state index in [9.17, 15) is 4.79 Å². The van der Waals surface area contributed by atoms with Gasteiger partial charge in [-0.05, 0) is 57.1 Å². The van der Waals surface area contributed by atoms with E-state index in [0.29, 0.717) is 28.5 Å². The molecule has 3 rings (SSSR count). The highest BCUT2D eigenvalue weighted by Crippen LogP contribution is 2.26. The van der Waals surface area contributed by atoms with Crippen molar-refractivity contribution in [2.45, 2.75) is 36.8 Å². The summed E-state index contributed by atoms with van der Waals surface area (Å²) in [5.74, 6) is 2.08. The molecule has 28 heavy (non-hydrogen) atoms. The van der Waals surface area contributed by atoms with Gasteiger partial charge in [-0.15, -0.1) is 36.6 Å². The minimum Gasteiger partial charge on any atom is -0.440 e. The molecule has 0 aliphatic carbocycles. The Hall–Kier alpha value is -0.920. The summed E-state index contributed by atoms with van der Waals surface area (Å²) in [5.41, 5.74) is 0.938. The molecule has 0 saturated carbocycles. The average Bonchev–Trinajstić information content (AvgIpc) is 3.15. The number of benzene rings is 1. The number of amides is 1. The topological polar surface area (TPSA) is 58.4 Å².